The fraction of sp³-hybridized carbons (Fsp3) is 0.429. The lowest BCUT2D eigenvalue weighted by molar-refractivity contribution is 0.474. The molecule has 1 aromatic carbocycles. The Morgan fingerprint density at radius 1 is 1.14 bits per heavy atom. The molecule has 7 heteroatoms. The van der Waals surface area contributed by atoms with Crippen molar-refractivity contribution in [1.82, 2.24) is 19.5 Å². The quantitative estimate of drug-likeness (QED) is 0.828. The zero-order valence-electron chi connectivity index (χ0n) is 12.3. The summed E-state index contributed by atoms with van der Waals surface area (Å²) in [5.41, 5.74) is 1.25. The number of aryl methyl sites for hydroxylation is 2. The molecule has 2 rings (SSSR count). The molecule has 0 spiro atoms. The number of rotatable bonds is 7. The van der Waals surface area contributed by atoms with Crippen molar-refractivity contribution in [2.75, 3.05) is 19.8 Å². The first-order valence-corrected chi connectivity index (χ1v) is 8.65. The number of H-pyrrole nitrogens is 1. The number of aromatic nitrogens is 3. The van der Waals surface area contributed by atoms with Crippen LogP contribution in [0.2, 0.25) is 0 Å². The molecule has 0 radical (unpaired) electrons. The van der Waals surface area contributed by atoms with E-state index in [0.29, 0.717) is 18.8 Å². The van der Waals surface area contributed by atoms with Crippen molar-refractivity contribution >= 4 is 10.0 Å². The van der Waals surface area contributed by atoms with Crippen LogP contribution in [0.25, 0.3) is 0 Å². The van der Waals surface area contributed by atoms with Gasteiger partial charge in [0.1, 0.15) is 5.82 Å². The summed E-state index contributed by atoms with van der Waals surface area (Å²) in [7, 11) is -1.58. The van der Waals surface area contributed by atoms with Gasteiger partial charge in [-0.15, -0.1) is 0 Å². The van der Waals surface area contributed by atoms with Crippen molar-refractivity contribution in [2.24, 2.45) is 0 Å². The first-order chi connectivity index (χ1) is 9.95. The molecule has 21 heavy (non-hydrogen) atoms. The van der Waals surface area contributed by atoms with Crippen molar-refractivity contribution in [3.8, 4) is 0 Å². The van der Waals surface area contributed by atoms with E-state index in [1.54, 1.807) is 7.05 Å². The average Bonchev–Trinajstić information content (AvgIpc) is 2.90. The minimum absolute atomic E-state index is 0.395. The Balaban J connectivity index is 1.84. The highest BCUT2D eigenvalue weighted by molar-refractivity contribution is 7.88. The average molecular weight is 308 g/mol. The van der Waals surface area contributed by atoms with Crippen LogP contribution in [-0.2, 0) is 29.3 Å². The standard InChI is InChI=1S/C14H20N4O2S/c1-18(21(2,19)20)11-10-14-15-13(16-17-14)9-8-12-6-4-3-5-7-12/h3-7H,8-11H2,1-2H3,(H,15,16,17). The molecule has 0 aliphatic heterocycles. The van der Waals surface area contributed by atoms with E-state index in [9.17, 15) is 8.42 Å². The van der Waals surface area contributed by atoms with Crippen molar-refractivity contribution in [3.63, 3.8) is 0 Å². The maximum Gasteiger partial charge on any atom is 0.210 e. The summed E-state index contributed by atoms with van der Waals surface area (Å²) < 4.78 is 23.9. The van der Waals surface area contributed by atoms with Crippen LogP contribution < -0.4 is 0 Å². The smallest absolute Gasteiger partial charge is 0.210 e. The fourth-order valence-electron chi connectivity index (χ4n) is 1.89. The topological polar surface area (TPSA) is 79.0 Å². The first-order valence-electron chi connectivity index (χ1n) is 6.80. The molecule has 1 aromatic heterocycles. The van der Waals surface area contributed by atoms with E-state index in [1.165, 1.54) is 16.1 Å². The normalized spacial score (nSPS) is 12.0. The Hall–Kier alpha value is -1.73. The molecule has 0 atom stereocenters. The van der Waals surface area contributed by atoms with Crippen LogP contribution in [0.3, 0.4) is 0 Å². The molecule has 0 saturated heterocycles. The highest BCUT2D eigenvalue weighted by atomic mass is 32.2. The Kier molecular flexibility index (Phi) is 5.08. The molecule has 0 aliphatic rings. The zero-order chi connectivity index (χ0) is 15.3. The predicted octanol–water partition coefficient (Wildman–Crippen LogP) is 1.02. The van der Waals surface area contributed by atoms with E-state index in [-0.39, 0.29) is 0 Å². The predicted molar refractivity (Wildman–Crippen MR) is 81.4 cm³/mol. The van der Waals surface area contributed by atoms with Crippen molar-refractivity contribution < 1.29 is 8.42 Å². The number of nitrogens with one attached hydrogen (secondary N) is 1. The molecular formula is C14H20N4O2S. The van der Waals surface area contributed by atoms with Gasteiger partial charge in [0.15, 0.2) is 5.82 Å². The van der Waals surface area contributed by atoms with E-state index in [2.05, 4.69) is 27.3 Å². The molecular weight excluding hydrogens is 288 g/mol. The molecule has 0 fully saturated rings. The summed E-state index contributed by atoms with van der Waals surface area (Å²) in [6, 6.07) is 10.2. The number of likely N-dealkylation sites (N-methyl/N-ethyl adjacent to an activating group) is 1. The lowest BCUT2D eigenvalue weighted by Gasteiger charge is -2.12. The molecule has 1 heterocycles. The van der Waals surface area contributed by atoms with Gasteiger partial charge in [-0.3, -0.25) is 5.10 Å². The van der Waals surface area contributed by atoms with Crippen LogP contribution in [0.4, 0.5) is 0 Å². The minimum atomic E-state index is -3.14. The summed E-state index contributed by atoms with van der Waals surface area (Å²) >= 11 is 0. The lowest BCUT2D eigenvalue weighted by atomic mass is 10.1. The fourth-order valence-corrected chi connectivity index (χ4v) is 2.31. The second-order valence-electron chi connectivity index (χ2n) is 5.02. The SMILES string of the molecule is CN(CCc1nc(CCc2ccccc2)n[nH]1)S(C)(=O)=O. The number of sulfonamides is 1. The van der Waals surface area contributed by atoms with Gasteiger partial charge >= 0.3 is 0 Å². The molecule has 0 unspecified atom stereocenters. The summed E-state index contributed by atoms with van der Waals surface area (Å²) in [6.45, 7) is 0.395. The number of hydrogen-bond donors (Lipinski definition) is 1. The van der Waals surface area contributed by atoms with E-state index in [4.69, 9.17) is 0 Å². The van der Waals surface area contributed by atoms with Crippen molar-refractivity contribution in [3.05, 3.63) is 47.5 Å². The highest BCUT2D eigenvalue weighted by Crippen LogP contribution is 2.04. The molecule has 0 aliphatic carbocycles. The molecule has 2 aromatic rings. The second-order valence-corrected chi connectivity index (χ2v) is 7.11. The van der Waals surface area contributed by atoms with E-state index in [0.717, 1.165) is 18.7 Å². The molecule has 6 nitrogen and oxygen atoms in total. The van der Waals surface area contributed by atoms with Gasteiger partial charge in [-0.2, -0.15) is 5.10 Å². The Morgan fingerprint density at radius 2 is 1.86 bits per heavy atom. The van der Waals surface area contributed by atoms with E-state index < -0.39 is 10.0 Å². The number of hydrogen-bond acceptors (Lipinski definition) is 4. The molecule has 0 amide bonds. The number of benzene rings is 1. The number of aromatic amines is 1. The second kappa shape index (κ2) is 6.82. The summed E-state index contributed by atoms with van der Waals surface area (Å²) in [6.07, 6.45) is 3.38. The third-order valence-corrected chi connectivity index (χ3v) is 4.60. The molecule has 0 bridgehead atoms. The van der Waals surface area contributed by atoms with Crippen LogP contribution in [0.1, 0.15) is 17.2 Å². The van der Waals surface area contributed by atoms with Crippen LogP contribution in [0.5, 0.6) is 0 Å². The van der Waals surface area contributed by atoms with Gasteiger partial charge in [0, 0.05) is 26.4 Å². The maximum absolute atomic E-state index is 11.3. The lowest BCUT2D eigenvalue weighted by Crippen LogP contribution is -2.27. The Labute approximate surface area is 125 Å². The van der Waals surface area contributed by atoms with Gasteiger partial charge in [-0.1, -0.05) is 30.3 Å². The third-order valence-electron chi connectivity index (χ3n) is 3.29. The van der Waals surface area contributed by atoms with E-state index >= 15 is 0 Å². The van der Waals surface area contributed by atoms with Gasteiger partial charge in [-0.05, 0) is 12.0 Å². The third kappa shape index (κ3) is 4.95. The van der Waals surface area contributed by atoms with E-state index in [1.807, 2.05) is 18.2 Å². The van der Waals surface area contributed by atoms with Crippen molar-refractivity contribution in [1.29, 1.82) is 0 Å². The molecule has 0 saturated carbocycles. The van der Waals surface area contributed by atoms with Gasteiger partial charge in [0.2, 0.25) is 10.0 Å². The highest BCUT2D eigenvalue weighted by Gasteiger charge is 2.12. The van der Waals surface area contributed by atoms with Gasteiger partial charge in [-0.25, -0.2) is 17.7 Å². The number of nitrogens with zero attached hydrogens (tertiary/aromatic N) is 3. The van der Waals surface area contributed by atoms with Crippen molar-refractivity contribution in [2.45, 2.75) is 19.3 Å². The largest absolute Gasteiger partial charge is 0.263 e. The molecule has 1 N–H and O–H groups in total. The molecule has 114 valence electrons. The van der Waals surface area contributed by atoms with Crippen LogP contribution >= 0.6 is 0 Å². The summed E-state index contributed by atoms with van der Waals surface area (Å²) in [5.74, 6) is 1.48. The van der Waals surface area contributed by atoms with Gasteiger partial charge in [0.25, 0.3) is 0 Å². The Bertz CT molecular complexity index is 667. The van der Waals surface area contributed by atoms with Gasteiger partial charge in [0.05, 0.1) is 6.26 Å². The monoisotopic (exact) mass is 308 g/mol. The van der Waals surface area contributed by atoms with Crippen LogP contribution in [-0.4, -0.2) is 47.8 Å². The summed E-state index contributed by atoms with van der Waals surface area (Å²) in [5, 5.41) is 7.03. The maximum atomic E-state index is 11.3. The zero-order valence-corrected chi connectivity index (χ0v) is 13.1. The minimum Gasteiger partial charge on any atom is -0.263 e. The first kappa shape index (κ1) is 15.7. The van der Waals surface area contributed by atoms with Crippen LogP contribution in [0.15, 0.2) is 30.3 Å². The summed E-state index contributed by atoms with van der Waals surface area (Å²) in [4.78, 5) is 4.39. The van der Waals surface area contributed by atoms with Crippen LogP contribution in [0, 0.1) is 0 Å². The Morgan fingerprint density at radius 3 is 2.52 bits per heavy atom. The van der Waals surface area contributed by atoms with Gasteiger partial charge < -0.3 is 0 Å².